The minimum Gasteiger partial charge on any atom is -0.380 e. The number of nitrogens with one attached hydrogen (secondary N) is 1. The number of carbonyl (C=O) groups excluding carboxylic acids is 1. The van der Waals surface area contributed by atoms with Crippen LogP contribution in [0.4, 0.5) is 0 Å². The Kier molecular flexibility index (Phi) is 6.52. The summed E-state index contributed by atoms with van der Waals surface area (Å²) in [5.41, 5.74) is 5.50. The number of nitrogens with two attached hydrogens (primary N) is 1. The van der Waals surface area contributed by atoms with Crippen LogP contribution in [0.3, 0.4) is 0 Å². The normalized spacial score (nSPS) is 26.5. The molecule has 0 aromatic rings. The summed E-state index contributed by atoms with van der Waals surface area (Å²) in [6.45, 7) is 2.64. The van der Waals surface area contributed by atoms with Crippen LogP contribution < -0.4 is 11.1 Å². The van der Waals surface area contributed by atoms with E-state index in [1.165, 1.54) is 19.3 Å². The summed E-state index contributed by atoms with van der Waals surface area (Å²) in [6.07, 6.45) is 6.20. The lowest BCUT2D eigenvalue weighted by molar-refractivity contribution is -0.124. The molecule has 3 N–H and O–H groups in total. The molecule has 1 unspecified atom stereocenters. The molecule has 0 aromatic heterocycles. The van der Waals surface area contributed by atoms with Crippen LogP contribution in [0, 0.1) is 5.92 Å². The van der Waals surface area contributed by atoms with E-state index in [-0.39, 0.29) is 12.0 Å². The van der Waals surface area contributed by atoms with Gasteiger partial charge in [0.15, 0.2) is 0 Å². The van der Waals surface area contributed by atoms with Crippen molar-refractivity contribution in [2.24, 2.45) is 11.7 Å². The Hall–Kier alpha value is -0.610. The van der Waals surface area contributed by atoms with E-state index in [1.807, 2.05) is 0 Å². The van der Waals surface area contributed by atoms with Crippen molar-refractivity contribution >= 4 is 5.91 Å². The van der Waals surface area contributed by atoms with E-state index in [9.17, 15) is 4.79 Å². The average molecular weight is 242 g/mol. The van der Waals surface area contributed by atoms with Gasteiger partial charge in [-0.15, -0.1) is 0 Å². The van der Waals surface area contributed by atoms with Gasteiger partial charge in [0, 0.05) is 19.7 Å². The van der Waals surface area contributed by atoms with Crippen LogP contribution in [0.2, 0.25) is 0 Å². The topological polar surface area (TPSA) is 64.4 Å². The van der Waals surface area contributed by atoms with Gasteiger partial charge in [0.25, 0.3) is 0 Å². The predicted octanol–water partition coefficient (Wildman–Crippen LogP) is 1.44. The third kappa shape index (κ3) is 5.04. The molecular weight excluding hydrogens is 216 g/mol. The Balaban J connectivity index is 2.23. The Morgan fingerprint density at radius 3 is 2.53 bits per heavy atom. The van der Waals surface area contributed by atoms with Crippen LogP contribution in [-0.4, -0.2) is 31.7 Å². The number of carbonyl (C=O) groups is 1. The highest BCUT2D eigenvalue weighted by atomic mass is 16.5. The van der Waals surface area contributed by atoms with Crippen molar-refractivity contribution in [1.82, 2.24) is 5.32 Å². The van der Waals surface area contributed by atoms with Gasteiger partial charge in [0.2, 0.25) is 5.91 Å². The first-order valence-electron chi connectivity index (χ1n) is 6.71. The van der Waals surface area contributed by atoms with Gasteiger partial charge < -0.3 is 15.8 Å². The van der Waals surface area contributed by atoms with Crippen LogP contribution in [0.25, 0.3) is 0 Å². The molecule has 0 bridgehead atoms. The molecule has 100 valence electrons. The monoisotopic (exact) mass is 242 g/mol. The van der Waals surface area contributed by atoms with E-state index < -0.39 is 0 Å². The first-order chi connectivity index (χ1) is 8.19. The van der Waals surface area contributed by atoms with Gasteiger partial charge >= 0.3 is 0 Å². The minimum absolute atomic E-state index is 0.0715. The van der Waals surface area contributed by atoms with Gasteiger partial charge in [-0.25, -0.2) is 0 Å². The zero-order chi connectivity index (χ0) is 12.7. The summed E-state index contributed by atoms with van der Waals surface area (Å²) in [4.78, 5) is 11.7. The number of ether oxygens (including phenoxy) is 1. The van der Waals surface area contributed by atoms with Crippen LogP contribution in [-0.2, 0) is 9.53 Å². The molecule has 4 nitrogen and oxygen atoms in total. The van der Waals surface area contributed by atoms with Gasteiger partial charge in [-0.05, 0) is 31.6 Å². The van der Waals surface area contributed by atoms with E-state index in [1.54, 1.807) is 7.11 Å². The molecule has 0 radical (unpaired) electrons. The molecule has 0 aromatic carbocycles. The Bertz CT molecular complexity index is 221. The molecule has 1 rings (SSSR count). The van der Waals surface area contributed by atoms with Gasteiger partial charge in [-0.3, -0.25) is 4.79 Å². The quantitative estimate of drug-likeness (QED) is 0.740. The van der Waals surface area contributed by atoms with Crippen LogP contribution >= 0.6 is 0 Å². The molecule has 4 heteroatoms. The number of hydrogen-bond donors (Lipinski definition) is 2. The fourth-order valence-corrected chi connectivity index (χ4v) is 2.47. The molecule has 0 heterocycles. The Labute approximate surface area is 104 Å². The van der Waals surface area contributed by atoms with Crippen molar-refractivity contribution in [3.8, 4) is 0 Å². The first kappa shape index (κ1) is 14.5. The smallest absolute Gasteiger partial charge is 0.222 e. The third-order valence-corrected chi connectivity index (χ3v) is 3.80. The maximum atomic E-state index is 11.7. The average Bonchev–Trinajstić information content (AvgIpc) is 2.37. The predicted molar refractivity (Wildman–Crippen MR) is 68.6 cm³/mol. The van der Waals surface area contributed by atoms with Gasteiger partial charge in [0.1, 0.15) is 0 Å². The molecule has 0 saturated heterocycles. The summed E-state index contributed by atoms with van der Waals surface area (Å²) >= 11 is 0. The minimum atomic E-state index is -0.151. The van der Waals surface area contributed by atoms with Crippen LogP contribution in [0.1, 0.15) is 45.4 Å². The summed E-state index contributed by atoms with van der Waals surface area (Å²) in [7, 11) is 1.59. The first-order valence-corrected chi connectivity index (χ1v) is 6.71. The summed E-state index contributed by atoms with van der Waals surface area (Å²) < 4.78 is 5.11. The third-order valence-electron chi connectivity index (χ3n) is 3.80. The maximum absolute atomic E-state index is 11.7. The number of hydrogen-bond acceptors (Lipinski definition) is 3. The molecule has 1 amide bonds. The molecule has 0 aliphatic heterocycles. The fraction of sp³-hybridized carbons (Fsp3) is 0.923. The van der Waals surface area contributed by atoms with Crippen molar-refractivity contribution in [2.45, 2.75) is 57.6 Å². The lowest BCUT2D eigenvalue weighted by Gasteiger charge is -2.28. The second-order valence-corrected chi connectivity index (χ2v) is 4.99. The van der Waals surface area contributed by atoms with Crippen molar-refractivity contribution < 1.29 is 9.53 Å². The standard InChI is InChI=1S/C13H26N2O2/c1-3-10-4-6-11(7-5-10)15-13(16)8-12(9-14)17-2/h10-12H,3-9,14H2,1-2H3,(H,15,16). The molecular formula is C13H26N2O2. The van der Waals surface area contributed by atoms with Gasteiger partial charge in [-0.1, -0.05) is 13.3 Å². The fourth-order valence-electron chi connectivity index (χ4n) is 2.47. The second-order valence-electron chi connectivity index (χ2n) is 4.99. The Morgan fingerprint density at radius 1 is 1.41 bits per heavy atom. The van der Waals surface area contributed by atoms with Gasteiger partial charge in [-0.2, -0.15) is 0 Å². The van der Waals surface area contributed by atoms with Crippen LogP contribution in [0.5, 0.6) is 0 Å². The molecule has 1 aliphatic rings. The van der Waals surface area contributed by atoms with E-state index in [0.717, 1.165) is 18.8 Å². The molecule has 0 spiro atoms. The van der Waals surface area contributed by atoms with Crippen LogP contribution in [0.15, 0.2) is 0 Å². The maximum Gasteiger partial charge on any atom is 0.222 e. The van der Waals surface area contributed by atoms with Gasteiger partial charge in [0.05, 0.1) is 12.5 Å². The van der Waals surface area contributed by atoms with Crippen molar-refractivity contribution in [2.75, 3.05) is 13.7 Å². The SMILES string of the molecule is CCC1CCC(NC(=O)CC(CN)OC)CC1. The highest BCUT2D eigenvalue weighted by molar-refractivity contribution is 5.76. The lowest BCUT2D eigenvalue weighted by Crippen LogP contribution is -2.40. The molecule has 1 fully saturated rings. The molecule has 1 aliphatic carbocycles. The zero-order valence-electron chi connectivity index (χ0n) is 11.1. The van der Waals surface area contributed by atoms with Crippen molar-refractivity contribution in [3.05, 3.63) is 0 Å². The largest absolute Gasteiger partial charge is 0.380 e. The number of amides is 1. The van der Waals surface area contributed by atoms with E-state index in [0.29, 0.717) is 19.0 Å². The summed E-state index contributed by atoms with van der Waals surface area (Å²) in [6, 6.07) is 0.362. The number of rotatable bonds is 6. The molecule has 1 saturated carbocycles. The molecule has 1 atom stereocenters. The van der Waals surface area contributed by atoms with Crippen molar-refractivity contribution in [3.63, 3.8) is 0 Å². The molecule has 17 heavy (non-hydrogen) atoms. The zero-order valence-corrected chi connectivity index (χ0v) is 11.1. The van der Waals surface area contributed by atoms with E-state index in [4.69, 9.17) is 10.5 Å². The number of methoxy groups -OCH3 is 1. The highest BCUT2D eigenvalue weighted by Gasteiger charge is 2.22. The Morgan fingerprint density at radius 2 is 2.06 bits per heavy atom. The highest BCUT2D eigenvalue weighted by Crippen LogP contribution is 2.26. The van der Waals surface area contributed by atoms with E-state index in [2.05, 4.69) is 12.2 Å². The summed E-state index contributed by atoms with van der Waals surface area (Å²) in [5.74, 6) is 0.932. The summed E-state index contributed by atoms with van der Waals surface area (Å²) in [5, 5.41) is 3.09. The van der Waals surface area contributed by atoms with Crippen molar-refractivity contribution in [1.29, 1.82) is 0 Å². The lowest BCUT2D eigenvalue weighted by atomic mass is 9.84. The second kappa shape index (κ2) is 7.67. The van der Waals surface area contributed by atoms with E-state index >= 15 is 0 Å².